The van der Waals surface area contributed by atoms with E-state index in [1.807, 2.05) is 12.1 Å². The van der Waals surface area contributed by atoms with Crippen molar-refractivity contribution in [2.45, 2.75) is 6.18 Å². The molecular formula is C12H9ClF3NO. The van der Waals surface area contributed by atoms with Crippen molar-refractivity contribution in [3.05, 3.63) is 59.4 Å². The topological polar surface area (TPSA) is 33.1 Å². The zero-order chi connectivity index (χ0) is 13.6. The van der Waals surface area contributed by atoms with Crippen molar-refractivity contribution in [1.82, 2.24) is 4.98 Å². The van der Waals surface area contributed by atoms with E-state index in [2.05, 4.69) is 4.98 Å². The van der Waals surface area contributed by atoms with Crippen LogP contribution in [0.1, 0.15) is 5.56 Å². The molecular weight excluding hydrogens is 267 g/mol. The fraction of sp³-hybridized carbons (Fsp3) is 0.0833. The molecule has 0 unspecified atom stereocenters. The summed E-state index contributed by atoms with van der Waals surface area (Å²) in [6.07, 6.45) is -2.72. The number of aromatic hydroxyl groups is 1. The Morgan fingerprint density at radius 2 is 1.78 bits per heavy atom. The Hall–Kier alpha value is -1.75. The SMILES string of the molecule is Clc1ccccn1.Oc1cccc(C(F)(F)F)c1. The van der Waals surface area contributed by atoms with Crippen LogP contribution in [-0.4, -0.2) is 10.1 Å². The van der Waals surface area contributed by atoms with Crippen LogP contribution in [-0.2, 0) is 6.18 Å². The average molecular weight is 276 g/mol. The van der Waals surface area contributed by atoms with Crippen molar-refractivity contribution in [2.24, 2.45) is 0 Å². The van der Waals surface area contributed by atoms with Gasteiger partial charge >= 0.3 is 6.18 Å². The van der Waals surface area contributed by atoms with Gasteiger partial charge in [0.15, 0.2) is 0 Å². The summed E-state index contributed by atoms with van der Waals surface area (Å²) >= 11 is 5.43. The molecule has 1 aromatic heterocycles. The van der Waals surface area contributed by atoms with Gasteiger partial charge in [-0.2, -0.15) is 13.2 Å². The van der Waals surface area contributed by atoms with E-state index < -0.39 is 11.7 Å². The Kier molecular flexibility index (Phi) is 4.97. The first-order valence-corrected chi connectivity index (χ1v) is 5.20. The first-order valence-electron chi connectivity index (χ1n) is 4.82. The van der Waals surface area contributed by atoms with E-state index >= 15 is 0 Å². The zero-order valence-electron chi connectivity index (χ0n) is 9.03. The van der Waals surface area contributed by atoms with Gasteiger partial charge in [0.2, 0.25) is 0 Å². The van der Waals surface area contributed by atoms with Crippen molar-refractivity contribution in [3.8, 4) is 5.75 Å². The predicted octanol–water partition coefficient (Wildman–Crippen LogP) is 4.15. The molecule has 0 fully saturated rings. The van der Waals surface area contributed by atoms with E-state index in [4.69, 9.17) is 16.7 Å². The molecule has 0 radical (unpaired) electrons. The third-order valence-corrected chi connectivity index (χ3v) is 2.03. The van der Waals surface area contributed by atoms with Crippen molar-refractivity contribution in [3.63, 3.8) is 0 Å². The molecule has 0 spiro atoms. The minimum atomic E-state index is -4.38. The average Bonchev–Trinajstić information content (AvgIpc) is 2.30. The highest BCUT2D eigenvalue weighted by Gasteiger charge is 2.30. The minimum absolute atomic E-state index is 0.375. The van der Waals surface area contributed by atoms with Crippen LogP contribution in [0.25, 0.3) is 0 Å². The van der Waals surface area contributed by atoms with Crippen LogP contribution in [0.4, 0.5) is 13.2 Å². The van der Waals surface area contributed by atoms with Gasteiger partial charge in [-0.25, -0.2) is 4.98 Å². The molecule has 2 nitrogen and oxygen atoms in total. The van der Waals surface area contributed by atoms with Gasteiger partial charge in [-0.1, -0.05) is 23.7 Å². The van der Waals surface area contributed by atoms with Crippen LogP contribution in [0.3, 0.4) is 0 Å². The van der Waals surface area contributed by atoms with Gasteiger partial charge in [-0.3, -0.25) is 0 Å². The zero-order valence-corrected chi connectivity index (χ0v) is 9.78. The number of hydrogen-bond acceptors (Lipinski definition) is 2. The number of alkyl halides is 3. The summed E-state index contributed by atoms with van der Waals surface area (Å²) in [6.45, 7) is 0. The second-order valence-corrected chi connectivity index (χ2v) is 3.59. The first kappa shape index (κ1) is 14.3. The molecule has 96 valence electrons. The summed E-state index contributed by atoms with van der Waals surface area (Å²) in [6, 6.07) is 9.33. The fourth-order valence-electron chi connectivity index (χ4n) is 1.02. The second kappa shape index (κ2) is 6.26. The molecule has 6 heteroatoms. The summed E-state index contributed by atoms with van der Waals surface area (Å²) in [5.41, 5.74) is -0.836. The van der Waals surface area contributed by atoms with Gasteiger partial charge in [-0.15, -0.1) is 0 Å². The van der Waals surface area contributed by atoms with Crippen LogP contribution in [0.15, 0.2) is 48.7 Å². The van der Waals surface area contributed by atoms with Crippen molar-refractivity contribution < 1.29 is 18.3 Å². The number of nitrogens with zero attached hydrogens (tertiary/aromatic N) is 1. The molecule has 18 heavy (non-hydrogen) atoms. The van der Waals surface area contributed by atoms with E-state index in [0.29, 0.717) is 11.2 Å². The number of phenols is 1. The number of pyridine rings is 1. The van der Waals surface area contributed by atoms with Crippen LogP contribution in [0, 0.1) is 0 Å². The molecule has 0 atom stereocenters. The highest BCUT2D eigenvalue weighted by atomic mass is 35.5. The summed E-state index contributed by atoms with van der Waals surface area (Å²) in [4.78, 5) is 3.74. The van der Waals surface area contributed by atoms with Gasteiger partial charge in [0.1, 0.15) is 10.9 Å². The molecule has 1 N–H and O–H groups in total. The lowest BCUT2D eigenvalue weighted by atomic mass is 10.2. The Labute approximate surface area is 107 Å². The van der Waals surface area contributed by atoms with Gasteiger partial charge in [0.25, 0.3) is 0 Å². The molecule has 0 aliphatic heterocycles. The monoisotopic (exact) mass is 275 g/mol. The maximum atomic E-state index is 11.9. The summed E-state index contributed by atoms with van der Waals surface area (Å²) in [7, 11) is 0. The number of hydrogen-bond donors (Lipinski definition) is 1. The van der Waals surface area contributed by atoms with Gasteiger partial charge in [0, 0.05) is 6.20 Å². The summed E-state index contributed by atoms with van der Waals surface area (Å²) in [5, 5.41) is 9.22. The Balaban J connectivity index is 0.000000199. The van der Waals surface area contributed by atoms with Crippen molar-refractivity contribution in [2.75, 3.05) is 0 Å². The number of aromatic nitrogens is 1. The maximum absolute atomic E-state index is 11.9. The normalized spacial score (nSPS) is 10.4. The highest BCUT2D eigenvalue weighted by Crippen LogP contribution is 2.30. The molecule has 0 saturated heterocycles. The number of rotatable bonds is 0. The van der Waals surface area contributed by atoms with E-state index in [1.54, 1.807) is 12.3 Å². The Bertz CT molecular complexity index is 488. The molecule has 0 bridgehead atoms. The second-order valence-electron chi connectivity index (χ2n) is 3.20. The standard InChI is InChI=1S/C7H5F3O.C5H4ClN/c8-7(9,10)5-2-1-3-6(11)4-5;6-5-3-1-2-4-7-5/h1-4,11H;1-4H. The van der Waals surface area contributed by atoms with Gasteiger partial charge in [0.05, 0.1) is 5.56 Å². The highest BCUT2D eigenvalue weighted by molar-refractivity contribution is 6.29. The van der Waals surface area contributed by atoms with E-state index in [1.165, 1.54) is 6.07 Å². The van der Waals surface area contributed by atoms with E-state index in [0.717, 1.165) is 12.1 Å². The molecule has 0 aliphatic rings. The molecule has 1 aromatic carbocycles. The number of halogens is 4. The lowest BCUT2D eigenvalue weighted by Gasteiger charge is -2.05. The molecule has 1 heterocycles. The smallest absolute Gasteiger partial charge is 0.416 e. The summed E-state index contributed by atoms with van der Waals surface area (Å²) < 4.78 is 35.6. The third-order valence-electron chi connectivity index (χ3n) is 1.80. The van der Waals surface area contributed by atoms with Crippen molar-refractivity contribution >= 4 is 11.6 Å². The quantitative estimate of drug-likeness (QED) is 0.733. The third kappa shape index (κ3) is 5.05. The van der Waals surface area contributed by atoms with Crippen LogP contribution in [0.2, 0.25) is 5.15 Å². The molecule has 2 aromatic rings. The number of phenolic OH excluding ortho intramolecular Hbond substituents is 1. The van der Waals surface area contributed by atoms with E-state index in [9.17, 15) is 13.2 Å². The van der Waals surface area contributed by atoms with E-state index in [-0.39, 0.29) is 5.75 Å². The lowest BCUT2D eigenvalue weighted by Crippen LogP contribution is -2.03. The van der Waals surface area contributed by atoms with Crippen LogP contribution < -0.4 is 0 Å². The predicted molar refractivity (Wildman–Crippen MR) is 62.4 cm³/mol. The van der Waals surface area contributed by atoms with Crippen LogP contribution in [0.5, 0.6) is 5.75 Å². The van der Waals surface area contributed by atoms with Gasteiger partial charge < -0.3 is 5.11 Å². The molecule has 0 saturated carbocycles. The Morgan fingerprint density at radius 3 is 2.11 bits per heavy atom. The first-order chi connectivity index (χ1) is 8.39. The fourth-order valence-corrected chi connectivity index (χ4v) is 1.15. The molecule has 0 amide bonds. The maximum Gasteiger partial charge on any atom is 0.416 e. The lowest BCUT2D eigenvalue weighted by molar-refractivity contribution is -0.137. The minimum Gasteiger partial charge on any atom is -0.508 e. The molecule has 0 aliphatic carbocycles. The number of benzene rings is 1. The van der Waals surface area contributed by atoms with Gasteiger partial charge in [-0.05, 0) is 30.3 Å². The van der Waals surface area contributed by atoms with Crippen molar-refractivity contribution in [1.29, 1.82) is 0 Å². The van der Waals surface area contributed by atoms with Crippen LogP contribution >= 0.6 is 11.6 Å². The molecule has 2 rings (SSSR count). The largest absolute Gasteiger partial charge is 0.508 e. The summed E-state index contributed by atoms with van der Waals surface area (Å²) in [5.74, 6) is -0.375. The Morgan fingerprint density at radius 1 is 1.06 bits per heavy atom.